The highest BCUT2D eigenvalue weighted by atomic mass is 16.5. The number of aliphatic hydroxyl groups excluding tert-OH is 1. The summed E-state index contributed by atoms with van der Waals surface area (Å²) in [6.45, 7) is 4.47. The van der Waals surface area contributed by atoms with Crippen molar-refractivity contribution in [2.75, 3.05) is 19.8 Å². The smallest absolute Gasteiger partial charge is 0.161 e. The summed E-state index contributed by atoms with van der Waals surface area (Å²) in [6.07, 6.45) is 0. The molecule has 2 aromatic carbocycles. The summed E-state index contributed by atoms with van der Waals surface area (Å²) in [6, 6.07) is 16.0. The summed E-state index contributed by atoms with van der Waals surface area (Å²) in [5.41, 5.74) is 2.22. The standard InChI is InChI=1S/C18H23NO3/c1-2-21-18-12-16(13-19-10-11-20)8-9-17(18)22-14-15-6-4-3-5-7-15/h3-9,12,19-20H,2,10-11,13-14H2,1H3. The van der Waals surface area contributed by atoms with Gasteiger partial charge >= 0.3 is 0 Å². The van der Waals surface area contributed by atoms with Gasteiger partial charge in [0.25, 0.3) is 0 Å². The molecule has 0 saturated carbocycles. The van der Waals surface area contributed by atoms with Crippen LogP contribution in [-0.2, 0) is 13.2 Å². The molecule has 0 amide bonds. The van der Waals surface area contributed by atoms with E-state index in [2.05, 4.69) is 5.32 Å². The highest BCUT2D eigenvalue weighted by Crippen LogP contribution is 2.29. The lowest BCUT2D eigenvalue weighted by Crippen LogP contribution is -2.17. The van der Waals surface area contributed by atoms with Gasteiger partial charge in [-0.05, 0) is 30.2 Å². The number of aliphatic hydroxyl groups is 1. The van der Waals surface area contributed by atoms with Gasteiger partial charge in [0.2, 0.25) is 0 Å². The van der Waals surface area contributed by atoms with Gasteiger partial charge in [-0.1, -0.05) is 36.4 Å². The highest BCUT2D eigenvalue weighted by molar-refractivity contribution is 5.43. The molecule has 0 heterocycles. The Balaban J connectivity index is 2.02. The van der Waals surface area contributed by atoms with Gasteiger partial charge in [0.1, 0.15) is 6.61 Å². The van der Waals surface area contributed by atoms with Gasteiger partial charge in [0, 0.05) is 13.1 Å². The zero-order valence-corrected chi connectivity index (χ0v) is 12.9. The van der Waals surface area contributed by atoms with Gasteiger partial charge in [-0.15, -0.1) is 0 Å². The maximum atomic E-state index is 8.80. The molecule has 0 fully saturated rings. The Morgan fingerprint density at radius 2 is 1.77 bits per heavy atom. The molecule has 0 saturated heterocycles. The number of ether oxygens (including phenoxy) is 2. The molecule has 2 rings (SSSR count). The molecule has 22 heavy (non-hydrogen) atoms. The first-order valence-electron chi connectivity index (χ1n) is 7.57. The molecule has 118 valence electrons. The quantitative estimate of drug-likeness (QED) is 0.699. The van der Waals surface area contributed by atoms with E-state index in [-0.39, 0.29) is 6.61 Å². The first kappa shape index (κ1) is 16.3. The molecule has 0 atom stereocenters. The predicted molar refractivity (Wildman–Crippen MR) is 87.2 cm³/mol. The second kappa shape index (κ2) is 9.07. The van der Waals surface area contributed by atoms with Crippen molar-refractivity contribution in [1.82, 2.24) is 5.32 Å². The van der Waals surface area contributed by atoms with Crippen molar-refractivity contribution in [2.24, 2.45) is 0 Å². The topological polar surface area (TPSA) is 50.7 Å². The fraction of sp³-hybridized carbons (Fsp3) is 0.333. The third kappa shape index (κ3) is 5.06. The van der Waals surface area contributed by atoms with Crippen molar-refractivity contribution < 1.29 is 14.6 Å². The van der Waals surface area contributed by atoms with Gasteiger partial charge in [-0.2, -0.15) is 0 Å². The van der Waals surface area contributed by atoms with Gasteiger partial charge in [0.05, 0.1) is 13.2 Å². The van der Waals surface area contributed by atoms with Crippen LogP contribution in [0, 0.1) is 0 Å². The Morgan fingerprint density at radius 1 is 0.955 bits per heavy atom. The van der Waals surface area contributed by atoms with E-state index >= 15 is 0 Å². The molecule has 0 aliphatic carbocycles. The number of nitrogens with one attached hydrogen (secondary N) is 1. The number of hydrogen-bond donors (Lipinski definition) is 2. The molecule has 0 aliphatic heterocycles. The number of rotatable bonds is 9. The van der Waals surface area contributed by atoms with Gasteiger partial charge < -0.3 is 19.9 Å². The number of benzene rings is 2. The largest absolute Gasteiger partial charge is 0.490 e. The summed E-state index contributed by atoms with van der Waals surface area (Å²) < 4.78 is 11.5. The third-order valence-electron chi connectivity index (χ3n) is 3.16. The zero-order valence-electron chi connectivity index (χ0n) is 12.9. The molecule has 0 bridgehead atoms. The molecule has 2 N–H and O–H groups in total. The van der Waals surface area contributed by atoms with Crippen LogP contribution in [0.3, 0.4) is 0 Å². The maximum Gasteiger partial charge on any atom is 0.161 e. The summed E-state index contributed by atoms with van der Waals surface area (Å²) >= 11 is 0. The molecule has 0 spiro atoms. The van der Waals surface area contributed by atoms with Crippen LogP contribution in [0.25, 0.3) is 0 Å². The van der Waals surface area contributed by atoms with Crippen LogP contribution in [0.2, 0.25) is 0 Å². The van der Waals surface area contributed by atoms with Crippen LogP contribution in [0.5, 0.6) is 11.5 Å². The lowest BCUT2D eigenvalue weighted by molar-refractivity contribution is 0.269. The summed E-state index contributed by atoms with van der Waals surface area (Å²) in [5.74, 6) is 1.50. The van der Waals surface area contributed by atoms with Crippen LogP contribution < -0.4 is 14.8 Å². The average Bonchev–Trinajstić information content (AvgIpc) is 2.56. The minimum Gasteiger partial charge on any atom is -0.490 e. The van der Waals surface area contributed by atoms with E-state index in [1.807, 2.05) is 55.5 Å². The Morgan fingerprint density at radius 3 is 2.50 bits per heavy atom. The Kier molecular flexibility index (Phi) is 6.74. The molecule has 0 unspecified atom stereocenters. The Bertz CT molecular complexity index is 558. The van der Waals surface area contributed by atoms with Gasteiger partial charge in [-0.3, -0.25) is 0 Å². The normalized spacial score (nSPS) is 10.5. The van der Waals surface area contributed by atoms with E-state index in [4.69, 9.17) is 14.6 Å². The van der Waals surface area contributed by atoms with E-state index in [9.17, 15) is 0 Å². The van der Waals surface area contributed by atoms with Crippen LogP contribution >= 0.6 is 0 Å². The van der Waals surface area contributed by atoms with Crippen LogP contribution in [0.4, 0.5) is 0 Å². The fourth-order valence-electron chi connectivity index (χ4n) is 2.10. The third-order valence-corrected chi connectivity index (χ3v) is 3.16. The minimum absolute atomic E-state index is 0.136. The highest BCUT2D eigenvalue weighted by Gasteiger charge is 2.07. The first-order chi connectivity index (χ1) is 10.8. The first-order valence-corrected chi connectivity index (χ1v) is 7.57. The molecule has 4 nitrogen and oxygen atoms in total. The van der Waals surface area contributed by atoms with Crippen molar-refractivity contribution in [1.29, 1.82) is 0 Å². The van der Waals surface area contributed by atoms with Crippen LogP contribution in [-0.4, -0.2) is 24.9 Å². The van der Waals surface area contributed by atoms with E-state index in [0.29, 0.717) is 26.3 Å². The van der Waals surface area contributed by atoms with Gasteiger partial charge in [-0.25, -0.2) is 0 Å². The van der Waals surface area contributed by atoms with E-state index < -0.39 is 0 Å². The van der Waals surface area contributed by atoms with E-state index in [0.717, 1.165) is 22.6 Å². The molecule has 0 aliphatic rings. The van der Waals surface area contributed by atoms with Crippen molar-refractivity contribution in [3.63, 3.8) is 0 Å². The summed E-state index contributed by atoms with van der Waals surface area (Å²) in [7, 11) is 0. The second-order valence-corrected chi connectivity index (χ2v) is 4.89. The minimum atomic E-state index is 0.136. The molecule has 0 aromatic heterocycles. The maximum absolute atomic E-state index is 8.80. The molecular weight excluding hydrogens is 278 g/mol. The lowest BCUT2D eigenvalue weighted by Gasteiger charge is -2.14. The predicted octanol–water partition coefficient (Wildman–Crippen LogP) is 2.75. The van der Waals surface area contributed by atoms with E-state index in [1.165, 1.54) is 0 Å². The number of hydrogen-bond acceptors (Lipinski definition) is 4. The SMILES string of the molecule is CCOc1cc(CNCCO)ccc1OCc1ccccc1. The molecule has 4 heteroatoms. The molecule has 0 radical (unpaired) electrons. The van der Waals surface area contributed by atoms with Crippen LogP contribution in [0.15, 0.2) is 48.5 Å². The lowest BCUT2D eigenvalue weighted by atomic mass is 10.2. The average molecular weight is 301 g/mol. The van der Waals surface area contributed by atoms with Crippen molar-refractivity contribution in [3.8, 4) is 11.5 Å². The Labute approximate surface area is 131 Å². The summed E-state index contributed by atoms with van der Waals surface area (Å²) in [5, 5.41) is 11.9. The molecular formula is C18H23NO3. The van der Waals surface area contributed by atoms with Crippen molar-refractivity contribution >= 4 is 0 Å². The summed E-state index contributed by atoms with van der Waals surface area (Å²) in [4.78, 5) is 0. The van der Waals surface area contributed by atoms with E-state index in [1.54, 1.807) is 0 Å². The fourth-order valence-corrected chi connectivity index (χ4v) is 2.10. The van der Waals surface area contributed by atoms with Crippen molar-refractivity contribution in [3.05, 3.63) is 59.7 Å². The monoisotopic (exact) mass is 301 g/mol. The second-order valence-electron chi connectivity index (χ2n) is 4.89. The van der Waals surface area contributed by atoms with Gasteiger partial charge in [0.15, 0.2) is 11.5 Å². The van der Waals surface area contributed by atoms with Crippen molar-refractivity contribution in [2.45, 2.75) is 20.1 Å². The zero-order chi connectivity index (χ0) is 15.6. The Hall–Kier alpha value is -2.04. The van der Waals surface area contributed by atoms with Crippen LogP contribution in [0.1, 0.15) is 18.1 Å². The molecule has 2 aromatic rings.